The lowest BCUT2D eigenvalue weighted by atomic mass is 10.1. The number of carbonyl (C=O) groups is 1. The molecule has 38 heavy (non-hydrogen) atoms. The molecule has 0 atom stereocenters. The number of nitrogens with zero attached hydrogens (tertiary/aromatic N) is 1. The van der Waals surface area contributed by atoms with Gasteiger partial charge in [0.05, 0.1) is 12.5 Å². The predicted molar refractivity (Wildman–Crippen MR) is 159 cm³/mol. The molecule has 0 aliphatic carbocycles. The van der Waals surface area contributed by atoms with Gasteiger partial charge in [0.2, 0.25) is 0 Å². The van der Waals surface area contributed by atoms with Gasteiger partial charge in [0.1, 0.15) is 0 Å². The zero-order valence-corrected chi connectivity index (χ0v) is 24.1. The normalized spacial score (nSPS) is 13.0. The molecular formula is C32H45FN2O2S. The van der Waals surface area contributed by atoms with E-state index in [2.05, 4.69) is 30.3 Å². The molecule has 4 nitrogen and oxygen atoms in total. The second-order valence-electron chi connectivity index (χ2n) is 10.3. The SMILES string of the molecule is CCCCCCCCCCCCCCOc1ccc(NC(=O)c2ccccc2CN2C=C(C)SC2)cc1F. The van der Waals surface area contributed by atoms with Crippen LogP contribution >= 0.6 is 11.8 Å². The standard InChI is InChI=1S/C32H45FN2O2S/c1-3-4-5-6-7-8-9-10-11-12-13-16-21-37-31-20-19-28(22-30(31)33)34-32(36)29-18-15-14-17-27(29)24-35-23-26(2)38-25-35/h14-15,17-20,22-23H,3-13,16,21,24-25H2,1-2H3,(H,34,36). The first kappa shape index (κ1) is 30.1. The highest BCUT2D eigenvalue weighted by Gasteiger charge is 2.16. The van der Waals surface area contributed by atoms with Gasteiger partial charge in [0.15, 0.2) is 11.6 Å². The first-order chi connectivity index (χ1) is 18.6. The van der Waals surface area contributed by atoms with Crippen molar-refractivity contribution in [2.24, 2.45) is 0 Å². The molecule has 1 amide bonds. The van der Waals surface area contributed by atoms with E-state index in [1.807, 2.05) is 24.3 Å². The molecule has 2 aromatic carbocycles. The summed E-state index contributed by atoms with van der Waals surface area (Å²) in [4.78, 5) is 16.4. The van der Waals surface area contributed by atoms with Gasteiger partial charge in [-0.1, -0.05) is 95.8 Å². The topological polar surface area (TPSA) is 41.6 Å². The number of hydrogen-bond donors (Lipinski definition) is 1. The van der Waals surface area contributed by atoms with Crippen LogP contribution in [0.25, 0.3) is 0 Å². The highest BCUT2D eigenvalue weighted by Crippen LogP contribution is 2.27. The summed E-state index contributed by atoms with van der Waals surface area (Å²) in [5, 5.41) is 2.84. The molecule has 2 aromatic rings. The molecule has 6 heteroatoms. The Hall–Kier alpha value is -2.47. The lowest BCUT2D eigenvalue weighted by Gasteiger charge is -2.17. The Morgan fingerprint density at radius 1 is 0.947 bits per heavy atom. The van der Waals surface area contributed by atoms with Crippen molar-refractivity contribution >= 4 is 23.4 Å². The zero-order chi connectivity index (χ0) is 27.0. The number of unbranched alkanes of at least 4 members (excludes halogenated alkanes) is 11. The quantitative estimate of drug-likeness (QED) is 0.191. The van der Waals surface area contributed by atoms with E-state index in [0.717, 1.165) is 24.3 Å². The molecule has 0 radical (unpaired) electrons. The first-order valence-electron chi connectivity index (χ1n) is 14.4. The van der Waals surface area contributed by atoms with Crippen LogP contribution in [0.1, 0.15) is 107 Å². The van der Waals surface area contributed by atoms with E-state index in [4.69, 9.17) is 4.74 Å². The van der Waals surface area contributed by atoms with Crippen molar-refractivity contribution in [3.63, 3.8) is 0 Å². The summed E-state index contributed by atoms with van der Waals surface area (Å²) in [6, 6.07) is 12.2. The third-order valence-corrected chi connectivity index (χ3v) is 7.92. The average Bonchev–Trinajstić information content (AvgIpc) is 3.32. The number of anilines is 1. The summed E-state index contributed by atoms with van der Waals surface area (Å²) in [6.45, 7) is 5.52. The number of rotatable bonds is 18. The van der Waals surface area contributed by atoms with E-state index in [1.54, 1.807) is 23.9 Å². The number of ether oxygens (including phenoxy) is 1. The molecule has 0 fully saturated rings. The van der Waals surface area contributed by atoms with E-state index in [1.165, 1.54) is 75.2 Å². The van der Waals surface area contributed by atoms with Gasteiger partial charge in [0.25, 0.3) is 5.91 Å². The number of allylic oxidation sites excluding steroid dienone is 1. The number of thioether (sulfide) groups is 1. The summed E-state index contributed by atoms with van der Waals surface area (Å²) in [5.74, 6) is 0.427. The van der Waals surface area contributed by atoms with Crippen molar-refractivity contribution in [2.45, 2.75) is 97.4 Å². The molecule has 0 saturated heterocycles. The first-order valence-corrected chi connectivity index (χ1v) is 15.4. The van der Waals surface area contributed by atoms with Gasteiger partial charge >= 0.3 is 0 Å². The van der Waals surface area contributed by atoms with Crippen LogP contribution in [0.4, 0.5) is 10.1 Å². The minimum atomic E-state index is -0.454. The summed E-state index contributed by atoms with van der Waals surface area (Å²) in [5.41, 5.74) is 1.97. The monoisotopic (exact) mass is 540 g/mol. The second kappa shape index (κ2) is 17.2. The highest BCUT2D eigenvalue weighted by molar-refractivity contribution is 8.03. The Morgan fingerprint density at radius 2 is 1.61 bits per heavy atom. The maximum Gasteiger partial charge on any atom is 0.256 e. The van der Waals surface area contributed by atoms with Crippen LogP contribution in [0.15, 0.2) is 53.6 Å². The Labute approximate surface area is 233 Å². The summed E-state index contributed by atoms with van der Waals surface area (Å²) < 4.78 is 20.3. The van der Waals surface area contributed by atoms with E-state index in [9.17, 15) is 9.18 Å². The molecule has 0 aromatic heterocycles. The van der Waals surface area contributed by atoms with Crippen LogP contribution in [0.5, 0.6) is 5.75 Å². The van der Waals surface area contributed by atoms with Crippen molar-refractivity contribution in [2.75, 3.05) is 17.8 Å². The predicted octanol–water partition coefficient (Wildman–Crippen LogP) is 9.53. The van der Waals surface area contributed by atoms with E-state index in [0.29, 0.717) is 24.4 Å². The van der Waals surface area contributed by atoms with Gasteiger partial charge in [-0.25, -0.2) is 4.39 Å². The lowest BCUT2D eigenvalue weighted by molar-refractivity contribution is 0.102. The van der Waals surface area contributed by atoms with Crippen molar-refractivity contribution < 1.29 is 13.9 Å². The summed E-state index contributed by atoms with van der Waals surface area (Å²) >= 11 is 1.79. The van der Waals surface area contributed by atoms with Gasteiger partial charge < -0.3 is 15.0 Å². The Bertz CT molecular complexity index is 1030. The highest BCUT2D eigenvalue weighted by atomic mass is 32.2. The van der Waals surface area contributed by atoms with Crippen molar-refractivity contribution in [1.82, 2.24) is 4.90 Å². The number of nitrogens with one attached hydrogen (secondary N) is 1. The third-order valence-electron chi connectivity index (χ3n) is 6.90. The fourth-order valence-electron chi connectivity index (χ4n) is 4.73. The van der Waals surface area contributed by atoms with Gasteiger partial charge in [-0.05, 0) is 42.0 Å². The number of benzene rings is 2. The maximum absolute atomic E-state index is 14.6. The van der Waals surface area contributed by atoms with Crippen molar-refractivity contribution in [3.8, 4) is 5.75 Å². The number of amides is 1. The van der Waals surface area contributed by atoms with E-state index >= 15 is 0 Å². The number of carbonyl (C=O) groups excluding carboxylic acids is 1. The van der Waals surface area contributed by atoms with Gasteiger partial charge in [0, 0.05) is 30.1 Å². The zero-order valence-electron chi connectivity index (χ0n) is 23.3. The van der Waals surface area contributed by atoms with Gasteiger partial charge in [-0.3, -0.25) is 4.79 Å². The summed E-state index contributed by atoms with van der Waals surface area (Å²) in [6.07, 6.45) is 17.5. The fourth-order valence-corrected chi connectivity index (χ4v) is 5.48. The second-order valence-corrected chi connectivity index (χ2v) is 11.4. The van der Waals surface area contributed by atoms with Crippen LogP contribution in [0.2, 0.25) is 0 Å². The molecule has 0 unspecified atom stereocenters. The Morgan fingerprint density at radius 3 is 2.24 bits per heavy atom. The smallest absolute Gasteiger partial charge is 0.256 e. The van der Waals surface area contributed by atoms with Crippen molar-refractivity contribution in [1.29, 1.82) is 0 Å². The lowest BCUT2D eigenvalue weighted by Crippen LogP contribution is -2.19. The van der Waals surface area contributed by atoms with Crippen molar-refractivity contribution in [3.05, 3.63) is 70.5 Å². The van der Waals surface area contributed by atoms with Crippen LogP contribution in [0.3, 0.4) is 0 Å². The number of hydrogen-bond acceptors (Lipinski definition) is 4. The van der Waals surface area contributed by atoms with Crippen LogP contribution < -0.4 is 10.1 Å². The maximum atomic E-state index is 14.6. The molecule has 208 valence electrons. The largest absolute Gasteiger partial charge is 0.491 e. The molecule has 0 bridgehead atoms. The average molecular weight is 541 g/mol. The third kappa shape index (κ3) is 10.7. The molecular weight excluding hydrogens is 495 g/mol. The molecule has 0 saturated carbocycles. The van der Waals surface area contributed by atoms with Gasteiger partial charge in [-0.2, -0.15) is 0 Å². The fraction of sp³-hybridized carbons (Fsp3) is 0.531. The molecule has 1 aliphatic rings. The molecule has 1 aliphatic heterocycles. The Kier molecular flexibility index (Phi) is 13.6. The molecule has 1 N–H and O–H groups in total. The molecule has 3 rings (SSSR count). The summed E-state index contributed by atoms with van der Waals surface area (Å²) in [7, 11) is 0. The molecule has 1 heterocycles. The minimum Gasteiger partial charge on any atom is -0.491 e. The van der Waals surface area contributed by atoms with Crippen LogP contribution in [-0.2, 0) is 6.54 Å². The number of halogens is 1. The minimum absolute atomic E-state index is 0.236. The van der Waals surface area contributed by atoms with Crippen LogP contribution in [0, 0.1) is 5.82 Å². The van der Waals surface area contributed by atoms with E-state index in [-0.39, 0.29) is 11.7 Å². The van der Waals surface area contributed by atoms with E-state index < -0.39 is 5.82 Å². The van der Waals surface area contributed by atoms with Crippen LogP contribution in [-0.4, -0.2) is 23.3 Å². The molecule has 0 spiro atoms. The van der Waals surface area contributed by atoms with Gasteiger partial charge in [-0.15, -0.1) is 11.8 Å². The Balaban J connectivity index is 1.34.